The van der Waals surface area contributed by atoms with Crippen LogP contribution in [0.25, 0.3) is 0 Å². The Morgan fingerprint density at radius 1 is 1.50 bits per heavy atom. The summed E-state index contributed by atoms with van der Waals surface area (Å²) in [6.45, 7) is 5.64. The van der Waals surface area contributed by atoms with E-state index in [9.17, 15) is 9.90 Å². The summed E-state index contributed by atoms with van der Waals surface area (Å²) in [5, 5.41) is 12.5. The Morgan fingerprint density at radius 3 is 2.61 bits per heavy atom. The third-order valence-electron chi connectivity index (χ3n) is 2.41. The van der Waals surface area contributed by atoms with Crippen molar-refractivity contribution in [3.8, 4) is 0 Å². The molecule has 0 aliphatic heterocycles. The van der Waals surface area contributed by atoms with Crippen LogP contribution in [-0.2, 0) is 4.79 Å². The van der Waals surface area contributed by atoms with E-state index in [-0.39, 0.29) is 12.5 Å². The first-order valence-electron chi connectivity index (χ1n) is 5.58. The van der Waals surface area contributed by atoms with Gasteiger partial charge in [-0.05, 0) is 6.92 Å². The standard InChI is InChI=1S/C11H17ClN4O2/c1-5(2)10-15-8(12)6(3)11(16-10)14-4-7(17)9(13)18/h5,7,17H,4H2,1-3H3,(H2,13,18)(H,14,15,16). The monoisotopic (exact) mass is 272 g/mol. The van der Waals surface area contributed by atoms with E-state index in [4.69, 9.17) is 17.3 Å². The molecule has 0 aliphatic carbocycles. The molecule has 0 radical (unpaired) electrons. The van der Waals surface area contributed by atoms with Crippen LogP contribution in [0.4, 0.5) is 5.82 Å². The Labute approximate surface area is 111 Å². The molecule has 1 aromatic heterocycles. The van der Waals surface area contributed by atoms with E-state index < -0.39 is 12.0 Å². The van der Waals surface area contributed by atoms with Crippen LogP contribution in [0, 0.1) is 6.92 Å². The molecular weight excluding hydrogens is 256 g/mol. The van der Waals surface area contributed by atoms with Gasteiger partial charge in [0.2, 0.25) is 5.91 Å². The molecule has 1 atom stereocenters. The lowest BCUT2D eigenvalue weighted by molar-refractivity contribution is -0.125. The number of aliphatic hydroxyl groups is 1. The number of hydrogen-bond acceptors (Lipinski definition) is 5. The minimum Gasteiger partial charge on any atom is -0.381 e. The fraction of sp³-hybridized carbons (Fsp3) is 0.545. The zero-order valence-corrected chi connectivity index (χ0v) is 11.3. The molecule has 1 aromatic rings. The van der Waals surface area contributed by atoms with E-state index in [1.54, 1.807) is 6.92 Å². The molecule has 0 spiro atoms. The summed E-state index contributed by atoms with van der Waals surface area (Å²) in [5.74, 6) is 0.440. The molecule has 6 nitrogen and oxygen atoms in total. The van der Waals surface area contributed by atoms with Gasteiger partial charge >= 0.3 is 0 Å². The van der Waals surface area contributed by atoms with Crippen LogP contribution in [0.3, 0.4) is 0 Å². The number of primary amides is 1. The van der Waals surface area contributed by atoms with E-state index in [1.165, 1.54) is 0 Å². The number of carbonyl (C=O) groups is 1. The summed E-state index contributed by atoms with van der Waals surface area (Å²) < 4.78 is 0. The minimum atomic E-state index is -1.26. The van der Waals surface area contributed by atoms with Gasteiger partial charge in [-0.1, -0.05) is 25.4 Å². The second-order valence-electron chi connectivity index (χ2n) is 4.30. The van der Waals surface area contributed by atoms with Gasteiger partial charge < -0.3 is 16.2 Å². The summed E-state index contributed by atoms with van der Waals surface area (Å²) in [6, 6.07) is 0. The highest BCUT2D eigenvalue weighted by molar-refractivity contribution is 6.30. The van der Waals surface area contributed by atoms with E-state index in [0.29, 0.717) is 22.4 Å². The van der Waals surface area contributed by atoms with Crippen molar-refractivity contribution in [1.82, 2.24) is 9.97 Å². The van der Waals surface area contributed by atoms with Crippen LogP contribution < -0.4 is 11.1 Å². The number of aromatic nitrogens is 2. The maximum atomic E-state index is 10.7. The van der Waals surface area contributed by atoms with Crippen LogP contribution in [0.2, 0.25) is 5.15 Å². The number of anilines is 1. The summed E-state index contributed by atoms with van der Waals surface area (Å²) >= 11 is 6.00. The average Bonchev–Trinajstić information content (AvgIpc) is 2.29. The van der Waals surface area contributed by atoms with Gasteiger partial charge in [0, 0.05) is 11.5 Å². The molecule has 0 aromatic carbocycles. The lowest BCUT2D eigenvalue weighted by Crippen LogP contribution is -2.34. The lowest BCUT2D eigenvalue weighted by atomic mass is 10.2. The summed E-state index contributed by atoms with van der Waals surface area (Å²) in [6.07, 6.45) is -1.26. The van der Waals surface area contributed by atoms with Crippen LogP contribution >= 0.6 is 11.6 Å². The van der Waals surface area contributed by atoms with Gasteiger partial charge in [0.1, 0.15) is 22.9 Å². The topological polar surface area (TPSA) is 101 Å². The van der Waals surface area contributed by atoms with Crippen LogP contribution in [0.15, 0.2) is 0 Å². The third-order valence-corrected chi connectivity index (χ3v) is 2.78. The fourth-order valence-electron chi connectivity index (χ4n) is 1.23. The number of nitrogens with one attached hydrogen (secondary N) is 1. The Kier molecular flexibility index (Phi) is 4.86. The van der Waals surface area contributed by atoms with Crippen molar-refractivity contribution >= 4 is 23.3 Å². The number of carbonyl (C=O) groups excluding carboxylic acids is 1. The highest BCUT2D eigenvalue weighted by Crippen LogP contribution is 2.22. The number of rotatable bonds is 5. The molecule has 0 fully saturated rings. The average molecular weight is 273 g/mol. The highest BCUT2D eigenvalue weighted by atomic mass is 35.5. The van der Waals surface area contributed by atoms with Gasteiger partial charge in [-0.2, -0.15) is 0 Å². The van der Waals surface area contributed by atoms with E-state index in [2.05, 4.69) is 15.3 Å². The van der Waals surface area contributed by atoms with Gasteiger partial charge in [-0.3, -0.25) is 4.79 Å². The number of aliphatic hydroxyl groups excluding tert-OH is 1. The van der Waals surface area contributed by atoms with Crippen LogP contribution in [-0.4, -0.2) is 33.6 Å². The van der Waals surface area contributed by atoms with Crippen LogP contribution in [0.1, 0.15) is 31.2 Å². The van der Waals surface area contributed by atoms with Gasteiger partial charge in [0.25, 0.3) is 0 Å². The summed E-state index contributed by atoms with van der Waals surface area (Å²) in [7, 11) is 0. The van der Waals surface area contributed by atoms with Gasteiger partial charge in [0.05, 0.1) is 6.54 Å². The molecule has 0 bridgehead atoms. The lowest BCUT2D eigenvalue weighted by Gasteiger charge is -2.14. The molecule has 0 saturated carbocycles. The Bertz CT molecular complexity index is 451. The number of nitrogens with zero attached hydrogens (tertiary/aromatic N) is 2. The second kappa shape index (κ2) is 5.97. The quantitative estimate of drug-likeness (QED) is 0.689. The van der Waals surface area contributed by atoms with Crippen LogP contribution in [0.5, 0.6) is 0 Å². The van der Waals surface area contributed by atoms with E-state index in [1.807, 2.05) is 13.8 Å². The molecule has 7 heteroatoms. The molecule has 100 valence electrons. The molecule has 1 unspecified atom stereocenters. The molecule has 0 aliphatic rings. The molecule has 4 N–H and O–H groups in total. The van der Waals surface area contributed by atoms with Gasteiger partial charge in [-0.25, -0.2) is 9.97 Å². The molecule has 1 amide bonds. The molecule has 0 saturated heterocycles. The maximum Gasteiger partial charge on any atom is 0.248 e. The molecule has 1 heterocycles. The predicted molar refractivity (Wildman–Crippen MR) is 69.6 cm³/mol. The first-order valence-corrected chi connectivity index (χ1v) is 5.96. The van der Waals surface area contributed by atoms with Crippen molar-refractivity contribution < 1.29 is 9.90 Å². The summed E-state index contributed by atoms with van der Waals surface area (Å²) in [5.41, 5.74) is 5.62. The normalized spacial score (nSPS) is 12.6. The van der Waals surface area contributed by atoms with Crippen molar-refractivity contribution in [3.05, 3.63) is 16.5 Å². The zero-order valence-electron chi connectivity index (χ0n) is 10.6. The maximum absolute atomic E-state index is 10.7. The summed E-state index contributed by atoms with van der Waals surface area (Å²) in [4.78, 5) is 19.2. The molecular formula is C11H17ClN4O2. The smallest absolute Gasteiger partial charge is 0.248 e. The highest BCUT2D eigenvalue weighted by Gasteiger charge is 2.14. The third kappa shape index (κ3) is 3.54. The molecule has 1 rings (SSSR count). The van der Waals surface area contributed by atoms with Crippen molar-refractivity contribution in [2.75, 3.05) is 11.9 Å². The van der Waals surface area contributed by atoms with Gasteiger partial charge in [-0.15, -0.1) is 0 Å². The van der Waals surface area contributed by atoms with Crippen molar-refractivity contribution in [2.45, 2.75) is 32.8 Å². The number of nitrogens with two attached hydrogens (primary N) is 1. The molecule has 18 heavy (non-hydrogen) atoms. The Hall–Kier alpha value is -1.40. The Morgan fingerprint density at radius 2 is 2.11 bits per heavy atom. The van der Waals surface area contributed by atoms with Crippen molar-refractivity contribution in [3.63, 3.8) is 0 Å². The predicted octanol–water partition coefficient (Wildman–Crippen LogP) is 0.820. The first-order chi connectivity index (χ1) is 8.32. The largest absolute Gasteiger partial charge is 0.381 e. The van der Waals surface area contributed by atoms with Gasteiger partial charge in [0.15, 0.2) is 0 Å². The Balaban J connectivity index is 2.91. The fourth-order valence-corrected chi connectivity index (χ4v) is 1.41. The SMILES string of the molecule is Cc1c(Cl)nc(C(C)C)nc1NCC(O)C(N)=O. The van der Waals surface area contributed by atoms with E-state index >= 15 is 0 Å². The number of amides is 1. The minimum absolute atomic E-state index is 0.0128. The van der Waals surface area contributed by atoms with Crippen molar-refractivity contribution in [2.24, 2.45) is 5.73 Å². The van der Waals surface area contributed by atoms with E-state index in [0.717, 1.165) is 0 Å². The van der Waals surface area contributed by atoms with Crippen molar-refractivity contribution in [1.29, 1.82) is 0 Å². The number of hydrogen-bond donors (Lipinski definition) is 3. The number of halogens is 1. The zero-order chi connectivity index (χ0) is 13.9. The first kappa shape index (κ1) is 14.7. The second-order valence-corrected chi connectivity index (χ2v) is 4.66.